The molecule has 2 aromatic rings. The van der Waals surface area contributed by atoms with Gasteiger partial charge in [-0.05, 0) is 74.5 Å². The van der Waals surface area contributed by atoms with E-state index in [9.17, 15) is 18.4 Å². The van der Waals surface area contributed by atoms with Gasteiger partial charge in [-0.3, -0.25) is 9.59 Å². The summed E-state index contributed by atoms with van der Waals surface area (Å²) >= 11 is 0. The van der Waals surface area contributed by atoms with Crippen LogP contribution in [0.25, 0.3) is 0 Å². The summed E-state index contributed by atoms with van der Waals surface area (Å²) in [6.07, 6.45) is 2.57. The molecule has 5 nitrogen and oxygen atoms in total. The van der Waals surface area contributed by atoms with E-state index in [1.54, 1.807) is 0 Å². The second-order valence-electron chi connectivity index (χ2n) is 8.86. The molecule has 0 spiro atoms. The second kappa shape index (κ2) is 10.6. The molecule has 0 bridgehead atoms. The number of amides is 2. The quantitative estimate of drug-likeness (QED) is 0.663. The molecule has 4 rings (SSSR count). The molecule has 1 heterocycles. The first-order valence-corrected chi connectivity index (χ1v) is 11.2. The molecule has 2 fully saturated rings. The third-order valence-electron chi connectivity index (χ3n) is 6.63. The van der Waals surface area contributed by atoms with Crippen molar-refractivity contribution in [2.45, 2.75) is 51.7 Å². The summed E-state index contributed by atoms with van der Waals surface area (Å²) in [4.78, 5) is 28.3. The van der Waals surface area contributed by atoms with Gasteiger partial charge in [0.2, 0.25) is 5.91 Å². The molecule has 178 valence electrons. The van der Waals surface area contributed by atoms with Crippen molar-refractivity contribution < 1.29 is 18.4 Å². The summed E-state index contributed by atoms with van der Waals surface area (Å²) in [7, 11) is 0. The number of hydrogen-bond donors (Lipinski definition) is 2. The van der Waals surface area contributed by atoms with Crippen molar-refractivity contribution in [2.75, 3.05) is 13.1 Å². The van der Waals surface area contributed by atoms with Crippen LogP contribution in [0.1, 0.15) is 46.3 Å². The zero-order chi connectivity index (χ0) is 22.8. The van der Waals surface area contributed by atoms with Gasteiger partial charge in [-0.1, -0.05) is 18.2 Å². The number of nitrogens with one attached hydrogen (secondary N) is 2. The predicted molar refractivity (Wildman–Crippen MR) is 125 cm³/mol. The number of aryl methyl sites for hydroxylation is 1. The van der Waals surface area contributed by atoms with E-state index in [1.807, 2.05) is 11.0 Å². The highest BCUT2D eigenvalue weighted by Crippen LogP contribution is 2.32. The van der Waals surface area contributed by atoms with E-state index in [-0.39, 0.29) is 36.0 Å². The number of carbonyl (C=O) groups is 2. The van der Waals surface area contributed by atoms with Crippen molar-refractivity contribution in [3.63, 3.8) is 0 Å². The van der Waals surface area contributed by atoms with Gasteiger partial charge in [0.05, 0.1) is 5.92 Å². The first kappa shape index (κ1) is 25.1. The lowest BCUT2D eigenvalue weighted by Gasteiger charge is -2.36. The second-order valence-corrected chi connectivity index (χ2v) is 8.86. The summed E-state index contributed by atoms with van der Waals surface area (Å²) in [6, 6.07) is 9.08. The lowest BCUT2D eigenvalue weighted by atomic mass is 9.91. The Balaban J connectivity index is 0.00000306. The molecule has 2 amide bonds. The van der Waals surface area contributed by atoms with E-state index in [1.165, 1.54) is 17.2 Å². The first-order chi connectivity index (χ1) is 15.3. The summed E-state index contributed by atoms with van der Waals surface area (Å²) < 4.78 is 26.8. The summed E-state index contributed by atoms with van der Waals surface area (Å²) in [5.74, 6) is -2.95. The Labute approximate surface area is 199 Å². The van der Waals surface area contributed by atoms with Crippen molar-refractivity contribution in [3.8, 4) is 0 Å². The standard InChI is InChI=1S/C25H29F2N3O2.ClH/c1-15-4-3-5-18(16(15)2)14-30(19-7-8-19)25(32)20-13-28-11-10-23(20)29-24(31)17-6-9-21(26)22(27)12-17;/h3-6,9,12,19-20,23,28H,7-8,10-11,13-14H2,1-2H3,(H,29,31);1H. The molecule has 0 radical (unpaired) electrons. The maximum absolute atomic E-state index is 13.6. The van der Waals surface area contributed by atoms with Crippen LogP contribution in [0.4, 0.5) is 8.78 Å². The Morgan fingerprint density at radius 3 is 2.55 bits per heavy atom. The van der Waals surface area contributed by atoms with E-state index >= 15 is 0 Å². The highest BCUT2D eigenvalue weighted by Gasteiger charge is 2.40. The summed E-state index contributed by atoms with van der Waals surface area (Å²) in [5, 5.41) is 6.16. The fourth-order valence-corrected chi connectivity index (χ4v) is 4.33. The van der Waals surface area contributed by atoms with Crippen molar-refractivity contribution >= 4 is 24.2 Å². The minimum absolute atomic E-state index is 0. The Hall–Kier alpha value is -2.51. The Morgan fingerprint density at radius 1 is 1.09 bits per heavy atom. The number of hydrogen-bond acceptors (Lipinski definition) is 3. The molecule has 2 atom stereocenters. The lowest BCUT2D eigenvalue weighted by molar-refractivity contribution is -0.138. The molecule has 2 aromatic carbocycles. The minimum atomic E-state index is -1.07. The van der Waals surface area contributed by atoms with E-state index in [0.717, 1.165) is 30.5 Å². The number of benzene rings is 2. The van der Waals surface area contributed by atoms with Gasteiger partial charge in [0.15, 0.2) is 11.6 Å². The Morgan fingerprint density at radius 2 is 1.85 bits per heavy atom. The zero-order valence-corrected chi connectivity index (χ0v) is 19.7. The third-order valence-corrected chi connectivity index (χ3v) is 6.63. The summed E-state index contributed by atoms with van der Waals surface area (Å²) in [6.45, 7) is 5.84. The summed E-state index contributed by atoms with van der Waals surface area (Å²) in [5.41, 5.74) is 3.57. The number of halogens is 3. The Bertz CT molecular complexity index is 1030. The smallest absolute Gasteiger partial charge is 0.251 e. The molecule has 1 aliphatic carbocycles. The molecule has 8 heteroatoms. The number of piperidine rings is 1. The highest BCUT2D eigenvalue weighted by atomic mass is 35.5. The van der Waals surface area contributed by atoms with E-state index < -0.39 is 23.5 Å². The molecular weight excluding hydrogens is 448 g/mol. The van der Waals surface area contributed by atoms with Crippen LogP contribution in [0, 0.1) is 31.4 Å². The van der Waals surface area contributed by atoms with Gasteiger partial charge in [0.1, 0.15) is 0 Å². The predicted octanol–water partition coefficient (Wildman–Crippen LogP) is 3.90. The fraction of sp³-hybridized carbons (Fsp3) is 0.440. The van der Waals surface area contributed by atoms with E-state index in [2.05, 4.69) is 36.6 Å². The molecule has 1 aliphatic heterocycles. The Kier molecular flexibility index (Phi) is 8.08. The number of nitrogens with zero attached hydrogens (tertiary/aromatic N) is 1. The average Bonchev–Trinajstić information content (AvgIpc) is 3.62. The average molecular weight is 478 g/mol. The molecule has 1 saturated carbocycles. The van der Waals surface area contributed by atoms with Crippen LogP contribution in [0.3, 0.4) is 0 Å². The van der Waals surface area contributed by atoms with Crippen LogP contribution in [-0.4, -0.2) is 41.9 Å². The topological polar surface area (TPSA) is 61.4 Å². The van der Waals surface area contributed by atoms with Crippen LogP contribution < -0.4 is 10.6 Å². The van der Waals surface area contributed by atoms with Crippen molar-refractivity contribution in [1.29, 1.82) is 0 Å². The van der Waals surface area contributed by atoms with Gasteiger partial charge >= 0.3 is 0 Å². The molecule has 0 aromatic heterocycles. The van der Waals surface area contributed by atoms with E-state index in [4.69, 9.17) is 0 Å². The molecule has 1 saturated heterocycles. The normalized spacial score (nSPS) is 20.0. The number of carbonyl (C=O) groups excluding carboxylic acids is 2. The van der Waals surface area contributed by atoms with Gasteiger partial charge in [0.25, 0.3) is 5.91 Å². The third kappa shape index (κ3) is 5.71. The highest BCUT2D eigenvalue weighted by molar-refractivity contribution is 5.95. The van der Waals surface area contributed by atoms with Crippen molar-refractivity contribution in [3.05, 3.63) is 70.3 Å². The van der Waals surface area contributed by atoms with Crippen LogP contribution in [-0.2, 0) is 11.3 Å². The molecule has 2 aliphatic rings. The molecular formula is C25H30ClF2N3O2. The van der Waals surface area contributed by atoms with Crippen molar-refractivity contribution in [1.82, 2.24) is 15.5 Å². The maximum atomic E-state index is 13.6. The lowest BCUT2D eigenvalue weighted by Crippen LogP contribution is -2.55. The van der Waals surface area contributed by atoms with Gasteiger partial charge in [0, 0.05) is 30.7 Å². The molecule has 2 N–H and O–H groups in total. The minimum Gasteiger partial charge on any atom is -0.348 e. The largest absolute Gasteiger partial charge is 0.348 e. The monoisotopic (exact) mass is 477 g/mol. The van der Waals surface area contributed by atoms with Crippen LogP contribution in [0.5, 0.6) is 0 Å². The number of rotatable bonds is 6. The fourth-order valence-electron chi connectivity index (χ4n) is 4.33. The molecule has 33 heavy (non-hydrogen) atoms. The SMILES string of the molecule is Cc1cccc(CN(C(=O)C2CNCCC2NC(=O)c2ccc(F)c(F)c2)C2CC2)c1C.Cl. The first-order valence-electron chi connectivity index (χ1n) is 11.2. The van der Waals surface area contributed by atoms with Gasteiger partial charge in [-0.25, -0.2) is 8.78 Å². The maximum Gasteiger partial charge on any atom is 0.251 e. The van der Waals surface area contributed by atoms with Crippen LogP contribution >= 0.6 is 12.4 Å². The van der Waals surface area contributed by atoms with Crippen LogP contribution in [0.15, 0.2) is 36.4 Å². The van der Waals surface area contributed by atoms with Gasteiger partial charge < -0.3 is 15.5 Å². The van der Waals surface area contributed by atoms with Gasteiger partial charge in [-0.2, -0.15) is 0 Å². The van der Waals surface area contributed by atoms with Crippen LogP contribution in [0.2, 0.25) is 0 Å². The zero-order valence-electron chi connectivity index (χ0n) is 18.9. The van der Waals surface area contributed by atoms with Gasteiger partial charge in [-0.15, -0.1) is 12.4 Å². The van der Waals surface area contributed by atoms with E-state index in [0.29, 0.717) is 26.1 Å². The van der Waals surface area contributed by atoms with Crippen molar-refractivity contribution in [2.24, 2.45) is 5.92 Å². The molecule has 2 unspecified atom stereocenters.